The summed E-state index contributed by atoms with van der Waals surface area (Å²) in [6, 6.07) is 0. The largest absolute Gasteiger partial charge is 0.396 e. The highest BCUT2D eigenvalue weighted by molar-refractivity contribution is 4.45. The van der Waals surface area contributed by atoms with E-state index < -0.39 is 0 Å². The van der Waals surface area contributed by atoms with Gasteiger partial charge >= 0.3 is 0 Å². The van der Waals surface area contributed by atoms with Crippen LogP contribution in [0.3, 0.4) is 0 Å². The van der Waals surface area contributed by atoms with E-state index >= 15 is 0 Å². The Morgan fingerprint density at radius 1 is 0.667 bits per heavy atom. The molecule has 0 amide bonds. The highest BCUT2D eigenvalue weighted by Gasteiger charge is 1.92. The Bertz CT molecular complexity index is 209. The van der Waals surface area contributed by atoms with Crippen molar-refractivity contribution in [1.82, 2.24) is 0 Å². The van der Waals surface area contributed by atoms with Gasteiger partial charge in [-0.3, -0.25) is 0 Å². The summed E-state index contributed by atoms with van der Waals surface area (Å²) in [6.45, 7) is 11.1. The van der Waals surface area contributed by atoms with E-state index in [1.54, 1.807) is 0 Å². The van der Waals surface area contributed by atoms with Crippen molar-refractivity contribution < 1.29 is 15.7 Å². The second-order valence-electron chi connectivity index (χ2n) is 5.99. The number of hydrogen-bond donors (Lipinski definition) is 2. The van der Waals surface area contributed by atoms with Gasteiger partial charge in [0.1, 0.15) is 0 Å². The molecule has 24 heavy (non-hydrogen) atoms. The first-order chi connectivity index (χ1) is 13.5. The molecule has 0 spiro atoms. The fourth-order valence-corrected chi connectivity index (χ4v) is 1.22. The van der Waals surface area contributed by atoms with Crippen LogP contribution in [0.25, 0.3) is 0 Å². The molecule has 152 valence electrons. The fourth-order valence-electron chi connectivity index (χ4n) is 1.22. The maximum absolute atomic E-state index is 8.20. The molecule has 0 aliphatic carbocycles. The van der Waals surface area contributed by atoms with Gasteiger partial charge in [-0.05, 0) is 24.7 Å². The third-order valence-corrected chi connectivity index (χ3v) is 3.45. The molecule has 2 N–H and O–H groups in total. The molecule has 0 fully saturated rings. The summed E-state index contributed by atoms with van der Waals surface area (Å²) in [6.07, 6.45) is 10.5. The molecule has 0 radical (unpaired) electrons. The van der Waals surface area contributed by atoms with Gasteiger partial charge in [-0.2, -0.15) is 0 Å². The second-order valence-corrected chi connectivity index (χ2v) is 5.99. The molecule has 0 aliphatic rings. The van der Waals surface area contributed by atoms with E-state index in [4.69, 9.17) is 15.7 Å². The minimum atomic E-state index is 0.344. The highest BCUT2D eigenvalue weighted by Crippen LogP contribution is 2.07. The number of rotatable bonds is 10. The Morgan fingerprint density at radius 2 is 1.25 bits per heavy atom. The van der Waals surface area contributed by atoms with Gasteiger partial charge in [-0.25, -0.2) is 0 Å². The zero-order valence-electron chi connectivity index (χ0n) is 21.4. The van der Waals surface area contributed by atoms with Gasteiger partial charge in [0.15, 0.2) is 0 Å². The van der Waals surface area contributed by atoms with Crippen molar-refractivity contribution in [3.63, 3.8) is 0 Å². The number of aliphatic hydroxyl groups is 2. The first-order valence-electron chi connectivity index (χ1n) is 12.7. The van der Waals surface area contributed by atoms with E-state index in [-0.39, 0.29) is 0 Å². The van der Waals surface area contributed by atoms with E-state index in [1.165, 1.54) is 6.42 Å². The van der Waals surface area contributed by atoms with Gasteiger partial charge in [-0.1, -0.05) is 107 Å². The average Bonchev–Trinajstić information content (AvgIpc) is 2.73. The van der Waals surface area contributed by atoms with E-state index in [1.807, 2.05) is 0 Å². The van der Waals surface area contributed by atoms with Crippen LogP contribution >= 0.6 is 0 Å². The van der Waals surface area contributed by atoms with Crippen molar-refractivity contribution in [2.24, 2.45) is 11.8 Å². The Kier molecular flexibility index (Phi) is 31.4. The Labute approximate surface area is 161 Å². The highest BCUT2D eigenvalue weighted by atomic mass is 16.3. The molecule has 0 saturated carbocycles. The van der Waals surface area contributed by atoms with Gasteiger partial charge < -0.3 is 10.2 Å². The summed E-state index contributed by atoms with van der Waals surface area (Å²) < 4.78 is 27.8. The van der Waals surface area contributed by atoms with E-state index in [0.717, 1.165) is 57.8 Å². The lowest BCUT2D eigenvalue weighted by molar-refractivity contribution is 0.284. The van der Waals surface area contributed by atoms with Gasteiger partial charge in [-0.15, -0.1) is 0 Å². The lowest BCUT2D eigenvalue weighted by Crippen LogP contribution is -1.88. The van der Waals surface area contributed by atoms with Crippen LogP contribution < -0.4 is 0 Å². The summed E-state index contributed by atoms with van der Waals surface area (Å²) >= 11 is 0. The van der Waals surface area contributed by atoms with Crippen LogP contribution in [0, 0.1) is 11.8 Å². The molecule has 2 unspecified atom stereocenters. The molecule has 2 nitrogen and oxygen atoms in total. The van der Waals surface area contributed by atoms with Crippen LogP contribution in [0.4, 0.5) is 0 Å². The van der Waals surface area contributed by atoms with Gasteiger partial charge in [0.2, 0.25) is 0 Å². The third kappa shape index (κ3) is 49.5. The molecule has 0 aliphatic heterocycles. The zero-order chi connectivity index (χ0) is 22.5. The van der Waals surface area contributed by atoms with Gasteiger partial charge in [0, 0.05) is 18.7 Å². The molecule has 0 saturated heterocycles. The van der Waals surface area contributed by atoms with Crippen LogP contribution in [-0.2, 0) is 0 Å². The molecular weight excluding hydrogens is 296 g/mol. The van der Waals surface area contributed by atoms with Crippen LogP contribution in [0.5, 0.6) is 0 Å². The predicted octanol–water partition coefficient (Wildman–Crippen LogP) is 7.22. The van der Waals surface area contributed by atoms with Crippen molar-refractivity contribution >= 4 is 0 Å². The molecule has 0 heterocycles. The monoisotopic (exact) mass is 352 g/mol. The number of unbranched alkanes of at least 4 members (excludes halogenated alkanes) is 3. The second kappa shape index (κ2) is 34.3. The third-order valence-electron chi connectivity index (χ3n) is 3.45. The van der Waals surface area contributed by atoms with Gasteiger partial charge in [0.25, 0.3) is 0 Å². The Hall–Kier alpha value is -0.0800. The molecular formula is C22H52O2. The first kappa shape index (κ1) is 22.0. The summed E-state index contributed by atoms with van der Waals surface area (Å²) in [5.74, 6) is 1.03. The van der Waals surface area contributed by atoms with Crippen molar-refractivity contribution in [1.29, 1.82) is 0 Å². The number of aliphatic hydroxyl groups excluding tert-OH is 2. The lowest BCUT2D eigenvalue weighted by Gasteiger charge is -2.02. The molecule has 0 aromatic rings. The fraction of sp³-hybridized carbons (Fsp3) is 1.00. The smallest absolute Gasteiger partial charge is 0.0431 e. The van der Waals surface area contributed by atoms with E-state index in [9.17, 15) is 0 Å². The maximum Gasteiger partial charge on any atom is 0.0431 e. The molecule has 2 heteroatoms. The SMILES string of the molecule is CCCCCO.CCCCO.[2H]CCC(C[2H])CC.[2H]CCCC(C[2H])CC. The minimum absolute atomic E-state index is 0.344. The standard InChI is InChI=1S/C7H16.C6H14.C5H12O.C4H10O/c1-4-6-7(3)5-2;1-4-6(3)5-2;1-2-3-4-5-6;1-2-3-4-5/h7H,4-6H2,1-3H3;6H,4-5H2,1-3H3;6H,2-5H2,1H3;5H,2-4H2,1H3/i2*1D,3D;;. The van der Waals surface area contributed by atoms with Crippen molar-refractivity contribution in [3.8, 4) is 0 Å². The summed E-state index contributed by atoms with van der Waals surface area (Å²) in [5.41, 5.74) is 0. The lowest BCUT2D eigenvalue weighted by atomic mass is 10.0. The topological polar surface area (TPSA) is 40.5 Å². The molecule has 2 atom stereocenters. The molecule has 0 aromatic carbocycles. The predicted molar refractivity (Wildman–Crippen MR) is 113 cm³/mol. The normalized spacial score (nSPS) is 13.9. The van der Waals surface area contributed by atoms with Gasteiger partial charge in [0.05, 0.1) is 0 Å². The maximum atomic E-state index is 8.20. The number of hydrogen-bond acceptors (Lipinski definition) is 2. The van der Waals surface area contributed by atoms with E-state index in [0.29, 0.717) is 52.6 Å². The molecule has 0 bridgehead atoms. The molecule has 0 rings (SSSR count). The summed E-state index contributed by atoms with van der Waals surface area (Å²) in [5, 5.41) is 16.3. The van der Waals surface area contributed by atoms with Crippen LogP contribution in [0.2, 0.25) is 0 Å². The first-order valence-corrected chi connectivity index (χ1v) is 9.91. The van der Waals surface area contributed by atoms with E-state index in [2.05, 4.69) is 27.7 Å². The Morgan fingerprint density at radius 3 is 1.46 bits per heavy atom. The quantitative estimate of drug-likeness (QED) is 0.407. The van der Waals surface area contributed by atoms with Crippen LogP contribution in [0.15, 0.2) is 0 Å². The zero-order valence-corrected chi connectivity index (χ0v) is 17.4. The summed E-state index contributed by atoms with van der Waals surface area (Å²) in [4.78, 5) is 0. The molecule has 0 aromatic heterocycles. The van der Waals surface area contributed by atoms with Crippen molar-refractivity contribution in [2.75, 3.05) is 13.2 Å². The minimum Gasteiger partial charge on any atom is -0.396 e. The average molecular weight is 353 g/mol. The Balaban J connectivity index is -0.000000141. The summed E-state index contributed by atoms with van der Waals surface area (Å²) in [7, 11) is 0. The van der Waals surface area contributed by atoms with Crippen LogP contribution in [0.1, 0.15) is 125 Å². The van der Waals surface area contributed by atoms with Crippen molar-refractivity contribution in [2.45, 2.75) is 120 Å². The van der Waals surface area contributed by atoms with Crippen LogP contribution in [-0.4, -0.2) is 23.4 Å². The van der Waals surface area contributed by atoms with Crippen molar-refractivity contribution in [3.05, 3.63) is 0 Å².